The van der Waals surface area contributed by atoms with E-state index in [1.54, 1.807) is 0 Å². The Morgan fingerprint density at radius 2 is 1.75 bits per heavy atom. The lowest BCUT2D eigenvalue weighted by molar-refractivity contribution is -0.00265. The van der Waals surface area contributed by atoms with Crippen LogP contribution in [0.5, 0.6) is 0 Å². The van der Waals surface area contributed by atoms with E-state index in [0.717, 1.165) is 12.3 Å². The van der Waals surface area contributed by atoms with Crippen molar-refractivity contribution in [3.63, 3.8) is 0 Å². The molecule has 0 bridgehead atoms. The zero-order chi connectivity index (χ0) is 9.20. The highest BCUT2D eigenvalue weighted by Crippen LogP contribution is 2.79. The molecular formula is C11H20O. The van der Waals surface area contributed by atoms with Crippen molar-refractivity contribution in [2.45, 2.75) is 52.6 Å². The molecule has 2 saturated carbocycles. The molecule has 0 aromatic rings. The van der Waals surface area contributed by atoms with Crippen LogP contribution in [0.25, 0.3) is 0 Å². The third-order valence-electron chi connectivity index (χ3n) is 4.99. The van der Waals surface area contributed by atoms with E-state index >= 15 is 0 Å². The second kappa shape index (κ2) is 1.89. The van der Waals surface area contributed by atoms with Gasteiger partial charge in [-0.05, 0) is 37.5 Å². The number of rotatable bonds is 1. The van der Waals surface area contributed by atoms with E-state index in [-0.39, 0.29) is 5.41 Å². The smallest absolute Gasteiger partial charge is 0.0678 e. The van der Waals surface area contributed by atoms with Gasteiger partial charge in [0.1, 0.15) is 0 Å². The maximum Gasteiger partial charge on any atom is 0.0678 e. The van der Waals surface area contributed by atoms with Crippen LogP contribution in [0.2, 0.25) is 0 Å². The van der Waals surface area contributed by atoms with E-state index in [0.29, 0.717) is 5.41 Å². The molecule has 0 aromatic heterocycles. The van der Waals surface area contributed by atoms with Crippen molar-refractivity contribution in [3.8, 4) is 0 Å². The van der Waals surface area contributed by atoms with E-state index in [1.165, 1.54) is 12.8 Å². The minimum Gasteiger partial charge on any atom is -0.390 e. The van der Waals surface area contributed by atoms with Gasteiger partial charge in [0, 0.05) is 5.41 Å². The maximum atomic E-state index is 10.2. The summed E-state index contributed by atoms with van der Waals surface area (Å²) in [6.45, 7) is 8.88. The predicted octanol–water partition coefficient (Wildman–Crippen LogP) is 2.58. The molecule has 1 unspecified atom stereocenters. The monoisotopic (exact) mass is 168 g/mol. The van der Waals surface area contributed by atoms with E-state index in [9.17, 15) is 5.11 Å². The van der Waals surface area contributed by atoms with E-state index in [4.69, 9.17) is 0 Å². The standard InChI is InChI=1S/C11H20O/c1-8(2)11-6-5-10(4,12)9(11,3)7-11/h8,12H,5-7H2,1-4H3/t9-,10?,11+/m0/s1. The van der Waals surface area contributed by atoms with E-state index in [1.807, 2.05) is 6.92 Å². The first kappa shape index (κ1) is 8.55. The number of aliphatic hydroxyl groups is 1. The summed E-state index contributed by atoms with van der Waals surface area (Å²) in [5.74, 6) is 0.733. The van der Waals surface area contributed by atoms with Crippen molar-refractivity contribution in [1.82, 2.24) is 0 Å². The molecule has 1 heteroatoms. The fraction of sp³-hybridized carbons (Fsp3) is 1.00. The Morgan fingerprint density at radius 3 is 1.92 bits per heavy atom. The third-order valence-corrected chi connectivity index (χ3v) is 4.99. The molecule has 12 heavy (non-hydrogen) atoms. The molecule has 0 heterocycles. The van der Waals surface area contributed by atoms with Gasteiger partial charge in [0.25, 0.3) is 0 Å². The van der Waals surface area contributed by atoms with Gasteiger partial charge in [-0.25, -0.2) is 0 Å². The van der Waals surface area contributed by atoms with Crippen LogP contribution in [0.1, 0.15) is 47.0 Å². The molecule has 0 saturated heterocycles. The van der Waals surface area contributed by atoms with Crippen molar-refractivity contribution in [3.05, 3.63) is 0 Å². The molecule has 2 rings (SSSR count). The minimum absolute atomic E-state index is 0.230. The van der Waals surface area contributed by atoms with Crippen molar-refractivity contribution in [2.75, 3.05) is 0 Å². The van der Waals surface area contributed by atoms with Crippen molar-refractivity contribution >= 4 is 0 Å². The van der Waals surface area contributed by atoms with Gasteiger partial charge < -0.3 is 5.11 Å². The van der Waals surface area contributed by atoms with Crippen LogP contribution in [0.3, 0.4) is 0 Å². The molecule has 0 radical (unpaired) electrons. The van der Waals surface area contributed by atoms with Crippen LogP contribution in [-0.2, 0) is 0 Å². The SMILES string of the molecule is CC(C)[C@]12CCC(C)(O)[C@]1(C)C2. The van der Waals surface area contributed by atoms with Crippen LogP contribution in [0, 0.1) is 16.7 Å². The summed E-state index contributed by atoms with van der Waals surface area (Å²) in [6, 6.07) is 0. The Labute approximate surface area is 75.2 Å². The Hall–Kier alpha value is -0.0400. The lowest BCUT2D eigenvalue weighted by atomic mass is 9.83. The van der Waals surface area contributed by atoms with Crippen LogP contribution in [0.15, 0.2) is 0 Å². The highest BCUT2D eigenvalue weighted by Gasteiger charge is 2.75. The second-order valence-corrected chi connectivity index (χ2v) is 5.59. The van der Waals surface area contributed by atoms with Gasteiger partial charge in [0.05, 0.1) is 5.60 Å². The molecule has 70 valence electrons. The number of hydrogen-bond donors (Lipinski definition) is 1. The zero-order valence-electron chi connectivity index (χ0n) is 8.65. The van der Waals surface area contributed by atoms with Crippen LogP contribution in [-0.4, -0.2) is 10.7 Å². The average Bonchev–Trinajstić information content (AvgIpc) is 2.50. The van der Waals surface area contributed by atoms with Crippen LogP contribution < -0.4 is 0 Å². The van der Waals surface area contributed by atoms with Gasteiger partial charge >= 0.3 is 0 Å². The van der Waals surface area contributed by atoms with Gasteiger partial charge in [0.15, 0.2) is 0 Å². The predicted molar refractivity (Wildman–Crippen MR) is 49.9 cm³/mol. The van der Waals surface area contributed by atoms with Gasteiger partial charge in [-0.15, -0.1) is 0 Å². The molecular weight excluding hydrogens is 148 g/mol. The van der Waals surface area contributed by atoms with Gasteiger partial charge in [-0.1, -0.05) is 20.8 Å². The normalized spacial score (nSPS) is 57.5. The van der Waals surface area contributed by atoms with Crippen molar-refractivity contribution < 1.29 is 5.11 Å². The lowest BCUT2D eigenvalue weighted by Crippen LogP contribution is -2.32. The molecule has 2 fully saturated rings. The molecule has 0 spiro atoms. The Balaban J connectivity index is 2.31. The molecule has 2 aliphatic carbocycles. The second-order valence-electron chi connectivity index (χ2n) is 5.59. The lowest BCUT2D eigenvalue weighted by Gasteiger charge is -2.27. The summed E-state index contributed by atoms with van der Waals surface area (Å²) in [5, 5.41) is 10.2. The molecule has 1 nitrogen and oxygen atoms in total. The summed E-state index contributed by atoms with van der Waals surface area (Å²) in [4.78, 5) is 0. The Kier molecular flexibility index (Phi) is 1.35. The molecule has 3 atom stereocenters. The summed E-state index contributed by atoms with van der Waals surface area (Å²) >= 11 is 0. The number of fused-ring (bicyclic) bond motifs is 1. The summed E-state index contributed by atoms with van der Waals surface area (Å²) < 4.78 is 0. The quantitative estimate of drug-likeness (QED) is 0.638. The van der Waals surface area contributed by atoms with Gasteiger partial charge in [0.2, 0.25) is 0 Å². The summed E-state index contributed by atoms with van der Waals surface area (Å²) in [6.07, 6.45) is 3.47. The average molecular weight is 168 g/mol. The topological polar surface area (TPSA) is 20.2 Å². The van der Waals surface area contributed by atoms with Crippen molar-refractivity contribution in [1.29, 1.82) is 0 Å². The maximum absolute atomic E-state index is 10.2. The van der Waals surface area contributed by atoms with Crippen molar-refractivity contribution in [2.24, 2.45) is 16.7 Å². The van der Waals surface area contributed by atoms with Crippen LogP contribution >= 0.6 is 0 Å². The van der Waals surface area contributed by atoms with E-state index < -0.39 is 5.60 Å². The van der Waals surface area contributed by atoms with Gasteiger partial charge in [-0.3, -0.25) is 0 Å². The first-order chi connectivity index (χ1) is 5.36. The highest BCUT2D eigenvalue weighted by molar-refractivity contribution is 5.25. The Bertz CT molecular complexity index is 212. The van der Waals surface area contributed by atoms with E-state index in [2.05, 4.69) is 20.8 Å². The molecule has 1 N–H and O–H groups in total. The van der Waals surface area contributed by atoms with Crippen LogP contribution in [0.4, 0.5) is 0 Å². The zero-order valence-corrected chi connectivity index (χ0v) is 8.65. The molecule has 0 amide bonds. The summed E-state index contributed by atoms with van der Waals surface area (Å²) in [5.41, 5.74) is 0.321. The minimum atomic E-state index is -0.392. The highest BCUT2D eigenvalue weighted by atomic mass is 16.3. The Morgan fingerprint density at radius 1 is 1.17 bits per heavy atom. The fourth-order valence-electron chi connectivity index (χ4n) is 3.55. The molecule has 0 aromatic carbocycles. The molecule has 0 aliphatic heterocycles. The number of hydrogen-bond acceptors (Lipinski definition) is 1. The molecule has 2 aliphatic rings. The van der Waals surface area contributed by atoms with Gasteiger partial charge in [-0.2, -0.15) is 0 Å². The first-order valence-corrected chi connectivity index (χ1v) is 5.08. The summed E-state index contributed by atoms with van der Waals surface area (Å²) in [7, 11) is 0. The largest absolute Gasteiger partial charge is 0.390 e. The fourth-order valence-corrected chi connectivity index (χ4v) is 3.55. The third kappa shape index (κ3) is 0.654. The first-order valence-electron chi connectivity index (χ1n) is 5.08.